The van der Waals surface area contributed by atoms with Gasteiger partial charge in [0.15, 0.2) is 0 Å². The third-order valence-corrected chi connectivity index (χ3v) is 3.50. The van der Waals surface area contributed by atoms with E-state index in [0.717, 1.165) is 37.6 Å². The number of morpholine rings is 1. The molecule has 1 fully saturated rings. The first-order valence-corrected chi connectivity index (χ1v) is 7.07. The fraction of sp³-hybridized carbons (Fsp3) is 0.312. The van der Waals surface area contributed by atoms with Crippen LogP contribution < -0.4 is 10.2 Å². The average Bonchev–Trinajstić information content (AvgIpc) is 2.54. The molecule has 1 N–H and O–H groups in total. The largest absolute Gasteiger partial charge is 0.381 e. The zero-order chi connectivity index (χ0) is 14.5. The summed E-state index contributed by atoms with van der Waals surface area (Å²) < 4.78 is 18.4. The second-order valence-corrected chi connectivity index (χ2v) is 5.01. The smallest absolute Gasteiger partial charge is 0.141 e. The van der Waals surface area contributed by atoms with Gasteiger partial charge in [-0.25, -0.2) is 4.39 Å². The molecule has 0 atom stereocenters. The molecular formula is C16H18FN3O. The molecule has 1 saturated heterocycles. The van der Waals surface area contributed by atoms with Crippen molar-refractivity contribution in [1.82, 2.24) is 4.98 Å². The van der Waals surface area contributed by atoms with Crippen molar-refractivity contribution in [2.75, 3.05) is 36.5 Å². The third kappa shape index (κ3) is 3.70. The fourth-order valence-electron chi connectivity index (χ4n) is 2.37. The monoisotopic (exact) mass is 287 g/mol. The van der Waals surface area contributed by atoms with Crippen LogP contribution in [0, 0.1) is 5.82 Å². The molecule has 1 aromatic carbocycles. The Bertz CT molecular complexity index is 582. The Morgan fingerprint density at radius 2 is 1.90 bits per heavy atom. The second-order valence-electron chi connectivity index (χ2n) is 5.01. The maximum Gasteiger partial charge on any atom is 0.141 e. The van der Waals surface area contributed by atoms with E-state index in [2.05, 4.69) is 27.3 Å². The van der Waals surface area contributed by atoms with Crippen molar-refractivity contribution >= 4 is 11.4 Å². The van der Waals surface area contributed by atoms with Gasteiger partial charge in [0.05, 0.1) is 19.4 Å². The summed E-state index contributed by atoms with van der Waals surface area (Å²) in [5.41, 5.74) is 3.04. The Morgan fingerprint density at radius 1 is 1.14 bits per heavy atom. The molecule has 0 aliphatic carbocycles. The standard InChI is InChI=1S/C16H18FN3O/c17-14-9-13(10-18-12-14)11-19-15-1-3-16(4-2-15)20-5-7-21-8-6-20/h1-4,9-10,12,19H,5-8,11H2. The molecule has 0 saturated carbocycles. The number of ether oxygens (including phenoxy) is 1. The molecule has 0 spiro atoms. The molecule has 1 aliphatic rings. The third-order valence-electron chi connectivity index (χ3n) is 3.50. The van der Waals surface area contributed by atoms with Crippen LogP contribution in [0.15, 0.2) is 42.7 Å². The Morgan fingerprint density at radius 3 is 2.62 bits per heavy atom. The number of benzene rings is 1. The second kappa shape index (κ2) is 6.54. The molecule has 0 unspecified atom stereocenters. The van der Waals surface area contributed by atoms with Crippen LogP contribution in [0.3, 0.4) is 0 Å². The lowest BCUT2D eigenvalue weighted by atomic mass is 10.2. The van der Waals surface area contributed by atoms with Gasteiger partial charge in [-0.3, -0.25) is 4.98 Å². The van der Waals surface area contributed by atoms with Gasteiger partial charge in [0, 0.05) is 37.2 Å². The van der Waals surface area contributed by atoms with E-state index in [1.807, 2.05) is 12.1 Å². The highest BCUT2D eigenvalue weighted by Gasteiger charge is 2.10. The summed E-state index contributed by atoms with van der Waals surface area (Å²) in [7, 11) is 0. The highest BCUT2D eigenvalue weighted by molar-refractivity contribution is 5.55. The van der Waals surface area contributed by atoms with Crippen LogP contribution in [0.4, 0.5) is 15.8 Å². The van der Waals surface area contributed by atoms with Crippen LogP contribution in [0.2, 0.25) is 0 Å². The number of rotatable bonds is 4. The quantitative estimate of drug-likeness (QED) is 0.938. The lowest BCUT2D eigenvalue weighted by Crippen LogP contribution is -2.36. The number of nitrogens with zero attached hydrogens (tertiary/aromatic N) is 2. The summed E-state index contributed by atoms with van der Waals surface area (Å²) >= 11 is 0. The van der Waals surface area contributed by atoms with Gasteiger partial charge in [0.25, 0.3) is 0 Å². The summed E-state index contributed by atoms with van der Waals surface area (Å²) in [4.78, 5) is 6.15. The molecular weight excluding hydrogens is 269 g/mol. The number of aromatic nitrogens is 1. The molecule has 21 heavy (non-hydrogen) atoms. The molecule has 0 amide bonds. The summed E-state index contributed by atoms with van der Waals surface area (Å²) in [6, 6.07) is 9.76. The van der Waals surface area contributed by atoms with E-state index in [9.17, 15) is 4.39 Å². The van der Waals surface area contributed by atoms with Gasteiger partial charge in [-0.05, 0) is 35.9 Å². The molecule has 1 aliphatic heterocycles. The number of nitrogens with one attached hydrogen (secondary N) is 1. The van der Waals surface area contributed by atoms with Gasteiger partial charge >= 0.3 is 0 Å². The Kier molecular flexibility index (Phi) is 4.31. The SMILES string of the molecule is Fc1cncc(CNc2ccc(N3CCOCC3)cc2)c1. The lowest BCUT2D eigenvalue weighted by molar-refractivity contribution is 0.122. The van der Waals surface area contributed by atoms with Gasteiger partial charge in [-0.1, -0.05) is 0 Å². The predicted molar refractivity (Wildman–Crippen MR) is 81.0 cm³/mol. The molecule has 5 heteroatoms. The first kappa shape index (κ1) is 13.8. The number of hydrogen-bond acceptors (Lipinski definition) is 4. The number of anilines is 2. The van der Waals surface area contributed by atoms with Gasteiger partial charge < -0.3 is 15.0 Å². The number of halogens is 1. The minimum Gasteiger partial charge on any atom is -0.381 e. The van der Waals surface area contributed by atoms with Crippen LogP contribution in [-0.4, -0.2) is 31.3 Å². The molecule has 0 bridgehead atoms. The van der Waals surface area contributed by atoms with E-state index < -0.39 is 0 Å². The van der Waals surface area contributed by atoms with Crippen molar-refractivity contribution < 1.29 is 9.13 Å². The molecule has 0 radical (unpaired) electrons. The summed E-state index contributed by atoms with van der Waals surface area (Å²) in [6.07, 6.45) is 2.87. The van der Waals surface area contributed by atoms with E-state index >= 15 is 0 Å². The molecule has 3 rings (SSSR count). The molecule has 2 aromatic rings. The van der Waals surface area contributed by atoms with E-state index in [0.29, 0.717) is 6.54 Å². The van der Waals surface area contributed by atoms with E-state index in [-0.39, 0.29) is 5.82 Å². The van der Waals surface area contributed by atoms with Crippen LogP contribution in [0.1, 0.15) is 5.56 Å². The number of pyridine rings is 1. The van der Waals surface area contributed by atoms with Crippen LogP contribution in [-0.2, 0) is 11.3 Å². The minimum absolute atomic E-state index is 0.308. The summed E-state index contributed by atoms with van der Waals surface area (Å²) in [5, 5.41) is 3.27. The van der Waals surface area contributed by atoms with Crippen molar-refractivity contribution in [2.24, 2.45) is 0 Å². The Labute approximate surface area is 123 Å². The van der Waals surface area contributed by atoms with E-state index in [1.165, 1.54) is 18.0 Å². The van der Waals surface area contributed by atoms with Crippen molar-refractivity contribution in [1.29, 1.82) is 0 Å². The molecule has 1 aromatic heterocycles. The lowest BCUT2D eigenvalue weighted by Gasteiger charge is -2.28. The van der Waals surface area contributed by atoms with Gasteiger partial charge in [-0.2, -0.15) is 0 Å². The van der Waals surface area contributed by atoms with Crippen molar-refractivity contribution in [2.45, 2.75) is 6.54 Å². The zero-order valence-electron chi connectivity index (χ0n) is 11.8. The Balaban J connectivity index is 1.59. The van der Waals surface area contributed by atoms with Crippen LogP contribution in [0.25, 0.3) is 0 Å². The molecule has 110 valence electrons. The van der Waals surface area contributed by atoms with Gasteiger partial charge in [0.1, 0.15) is 5.82 Å². The zero-order valence-corrected chi connectivity index (χ0v) is 11.8. The first-order chi connectivity index (χ1) is 10.3. The summed E-state index contributed by atoms with van der Waals surface area (Å²) in [5.74, 6) is -0.308. The van der Waals surface area contributed by atoms with Crippen molar-refractivity contribution in [3.8, 4) is 0 Å². The van der Waals surface area contributed by atoms with Gasteiger partial charge in [0.2, 0.25) is 0 Å². The molecule has 4 nitrogen and oxygen atoms in total. The average molecular weight is 287 g/mol. The minimum atomic E-state index is -0.308. The van der Waals surface area contributed by atoms with Crippen molar-refractivity contribution in [3.63, 3.8) is 0 Å². The summed E-state index contributed by atoms with van der Waals surface area (Å²) in [6.45, 7) is 3.99. The van der Waals surface area contributed by atoms with Crippen LogP contribution >= 0.6 is 0 Å². The topological polar surface area (TPSA) is 37.4 Å². The highest BCUT2D eigenvalue weighted by Crippen LogP contribution is 2.19. The maximum absolute atomic E-state index is 13.0. The van der Waals surface area contributed by atoms with E-state index in [4.69, 9.17) is 4.74 Å². The fourth-order valence-corrected chi connectivity index (χ4v) is 2.37. The first-order valence-electron chi connectivity index (χ1n) is 7.07. The molecule has 2 heterocycles. The highest BCUT2D eigenvalue weighted by atomic mass is 19.1. The van der Waals surface area contributed by atoms with Gasteiger partial charge in [-0.15, -0.1) is 0 Å². The maximum atomic E-state index is 13.0. The Hall–Kier alpha value is -2.14. The van der Waals surface area contributed by atoms with E-state index in [1.54, 1.807) is 6.20 Å². The van der Waals surface area contributed by atoms with Crippen LogP contribution in [0.5, 0.6) is 0 Å². The number of hydrogen-bond donors (Lipinski definition) is 1. The van der Waals surface area contributed by atoms with Crippen molar-refractivity contribution in [3.05, 3.63) is 54.1 Å². The normalized spacial score (nSPS) is 15.0. The predicted octanol–water partition coefficient (Wildman–Crippen LogP) is 2.67.